The van der Waals surface area contributed by atoms with Gasteiger partial charge in [-0.3, -0.25) is 0 Å². The van der Waals surface area contributed by atoms with E-state index in [9.17, 15) is 0 Å². The Balaban J connectivity index is 2.13. The number of nitrogens with two attached hydrogens (primary N) is 1. The highest BCUT2D eigenvalue weighted by Crippen LogP contribution is 2.42. The Morgan fingerprint density at radius 3 is 2.78 bits per heavy atom. The Bertz CT molecular complexity index is 385. The topological polar surface area (TPSA) is 74.2 Å². The van der Waals surface area contributed by atoms with Gasteiger partial charge in [-0.15, -0.1) is 0 Å². The molecule has 2 atom stereocenters. The van der Waals surface area contributed by atoms with Gasteiger partial charge in [0.25, 0.3) is 0 Å². The minimum atomic E-state index is -0.541. The Kier molecular flexibility index (Phi) is 4.02. The molecule has 5 nitrogen and oxygen atoms in total. The van der Waals surface area contributed by atoms with E-state index in [0.29, 0.717) is 24.2 Å². The molecule has 0 bridgehead atoms. The predicted molar refractivity (Wildman–Crippen MR) is 67.8 cm³/mol. The molecule has 0 aliphatic heterocycles. The lowest BCUT2D eigenvalue weighted by Crippen LogP contribution is -2.33. The third-order valence-electron chi connectivity index (χ3n) is 3.35. The second kappa shape index (κ2) is 5.36. The van der Waals surface area contributed by atoms with Crippen LogP contribution in [-0.4, -0.2) is 16.7 Å². The molecule has 5 heteroatoms. The molecule has 2 unspecified atom stereocenters. The largest absolute Gasteiger partial charge is 0.370 e. The number of rotatable bonds is 7. The number of hydrogen-bond acceptors (Lipinski definition) is 5. The maximum Gasteiger partial charge on any atom is 0.246 e. The van der Waals surface area contributed by atoms with Gasteiger partial charge in [-0.1, -0.05) is 18.5 Å². The first-order valence-corrected chi connectivity index (χ1v) is 6.83. The lowest BCUT2D eigenvalue weighted by molar-refractivity contribution is 0.0384. The van der Waals surface area contributed by atoms with Crippen LogP contribution in [0.4, 0.5) is 0 Å². The molecule has 0 saturated heterocycles. The van der Waals surface area contributed by atoms with Crippen molar-refractivity contribution in [2.45, 2.75) is 58.1 Å². The molecule has 18 heavy (non-hydrogen) atoms. The normalized spacial score (nSPS) is 20.7. The summed E-state index contributed by atoms with van der Waals surface area (Å²) in [5, 5.41) is 4.05. The average molecular weight is 253 g/mol. The van der Waals surface area contributed by atoms with Crippen LogP contribution in [0.25, 0.3) is 0 Å². The lowest BCUT2D eigenvalue weighted by atomic mass is 9.98. The number of aromatic nitrogens is 2. The van der Waals surface area contributed by atoms with E-state index in [-0.39, 0.29) is 6.10 Å². The molecule has 1 aliphatic rings. The third kappa shape index (κ3) is 2.90. The van der Waals surface area contributed by atoms with Gasteiger partial charge in [-0.25, -0.2) is 0 Å². The van der Waals surface area contributed by atoms with Crippen molar-refractivity contribution in [2.75, 3.05) is 6.61 Å². The summed E-state index contributed by atoms with van der Waals surface area (Å²) in [6.07, 6.45) is 4.16. The Labute approximate surface area is 108 Å². The summed E-state index contributed by atoms with van der Waals surface area (Å²) in [7, 11) is 0. The van der Waals surface area contributed by atoms with Crippen LogP contribution in [0.2, 0.25) is 0 Å². The fourth-order valence-corrected chi connectivity index (χ4v) is 2.21. The van der Waals surface area contributed by atoms with Gasteiger partial charge in [0.05, 0.1) is 5.54 Å². The van der Waals surface area contributed by atoms with E-state index in [1.807, 2.05) is 13.8 Å². The molecule has 1 heterocycles. The van der Waals surface area contributed by atoms with E-state index in [1.54, 1.807) is 0 Å². The van der Waals surface area contributed by atoms with Gasteiger partial charge in [0, 0.05) is 6.61 Å². The van der Waals surface area contributed by atoms with Gasteiger partial charge in [-0.2, -0.15) is 4.98 Å². The molecule has 1 aromatic rings. The average Bonchev–Trinajstić information content (AvgIpc) is 3.02. The predicted octanol–water partition coefficient (Wildman–Crippen LogP) is 2.53. The summed E-state index contributed by atoms with van der Waals surface area (Å²) in [6.45, 7) is 6.68. The van der Waals surface area contributed by atoms with Crippen LogP contribution < -0.4 is 5.73 Å². The van der Waals surface area contributed by atoms with Crippen molar-refractivity contribution in [1.82, 2.24) is 10.1 Å². The van der Waals surface area contributed by atoms with Crippen molar-refractivity contribution in [3.63, 3.8) is 0 Å². The summed E-state index contributed by atoms with van der Waals surface area (Å²) in [5.41, 5.74) is 5.65. The SMILES string of the molecule is CCCC(C)(N)c1nc(C(OCC)C2CC2)no1. The molecule has 0 aromatic carbocycles. The van der Waals surface area contributed by atoms with Crippen molar-refractivity contribution < 1.29 is 9.26 Å². The Morgan fingerprint density at radius 1 is 1.50 bits per heavy atom. The number of nitrogens with zero attached hydrogens (tertiary/aromatic N) is 2. The Hall–Kier alpha value is -0.940. The highest BCUT2D eigenvalue weighted by Gasteiger charge is 2.37. The summed E-state index contributed by atoms with van der Waals surface area (Å²) in [5.74, 6) is 1.72. The van der Waals surface area contributed by atoms with Crippen LogP contribution in [0.3, 0.4) is 0 Å². The van der Waals surface area contributed by atoms with Crippen molar-refractivity contribution in [3.05, 3.63) is 11.7 Å². The molecule has 1 fully saturated rings. The van der Waals surface area contributed by atoms with E-state index in [0.717, 1.165) is 12.8 Å². The van der Waals surface area contributed by atoms with Crippen LogP contribution >= 0.6 is 0 Å². The fraction of sp³-hybridized carbons (Fsp3) is 0.846. The molecule has 0 amide bonds. The van der Waals surface area contributed by atoms with Gasteiger partial charge >= 0.3 is 0 Å². The standard InChI is InChI=1S/C13H23N3O2/c1-4-8-13(3,14)12-15-11(16-18-12)10(17-5-2)9-6-7-9/h9-10H,4-8,14H2,1-3H3. The maximum atomic E-state index is 6.19. The minimum absolute atomic E-state index is 0.0232. The molecule has 1 aliphatic carbocycles. The molecule has 1 aromatic heterocycles. The monoisotopic (exact) mass is 253 g/mol. The third-order valence-corrected chi connectivity index (χ3v) is 3.35. The zero-order chi connectivity index (χ0) is 13.2. The molecule has 0 spiro atoms. The van der Waals surface area contributed by atoms with Crippen molar-refractivity contribution >= 4 is 0 Å². The van der Waals surface area contributed by atoms with Gasteiger partial charge in [0.2, 0.25) is 11.7 Å². The van der Waals surface area contributed by atoms with E-state index >= 15 is 0 Å². The van der Waals surface area contributed by atoms with Gasteiger partial charge < -0.3 is 15.0 Å². The van der Waals surface area contributed by atoms with Crippen LogP contribution in [-0.2, 0) is 10.3 Å². The summed E-state index contributed by atoms with van der Waals surface area (Å²) in [6, 6.07) is 0. The molecular weight excluding hydrogens is 230 g/mol. The zero-order valence-corrected chi connectivity index (χ0v) is 11.5. The van der Waals surface area contributed by atoms with Crippen molar-refractivity contribution in [1.29, 1.82) is 0 Å². The molecule has 2 rings (SSSR count). The zero-order valence-electron chi connectivity index (χ0n) is 11.5. The molecule has 102 valence electrons. The van der Waals surface area contributed by atoms with Crippen LogP contribution in [0.5, 0.6) is 0 Å². The van der Waals surface area contributed by atoms with Crippen LogP contribution in [0.15, 0.2) is 4.52 Å². The highest BCUT2D eigenvalue weighted by atomic mass is 16.5. The highest BCUT2D eigenvalue weighted by molar-refractivity contribution is 5.04. The first-order valence-electron chi connectivity index (χ1n) is 6.83. The second-order valence-electron chi connectivity index (χ2n) is 5.34. The van der Waals surface area contributed by atoms with Crippen LogP contribution in [0, 0.1) is 5.92 Å². The molecule has 0 radical (unpaired) electrons. The Morgan fingerprint density at radius 2 is 2.22 bits per heavy atom. The summed E-state index contributed by atoms with van der Waals surface area (Å²) >= 11 is 0. The van der Waals surface area contributed by atoms with Gasteiger partial charge in [0.1, 0.15) is 6.10 Å². The first-order chi connectivity index (χ1) is 8.58. The lowest BCUT2D eigenvalue weighted by Gasteiger charge is -2.18. The quantitative estimate of drug-likeness (QED) is 0.808. The second-order valence-corrected chi connectivity index (χ2v) is 5.34. The van der Waals surface area contributed by atoms with Crippen molar-refractivity contribution in [2.24, 2.45) is 11.7 Å². The van der Waals surface area contributed by atoms with E-state index in [4.69, 9.17) is 15.0 Å². The maximum absolute atomic E-state index is 6.19. The fourth-order valence-electron chi connectivity index (χ4n) is 2.21. The smallest absolute Gasteiger partial charge is 0.246 e. The van der Waals surface area contributed by atoms with E-state index in [1.165, 1.54) is 12.8 Å². The number of ether oxygens (including phenoxy) is 1. The molecule has 2 N–H and O–H groups in total. The molecule has 1 saturated carbocycles. The first kappa shape index (κ1) is 13.5. The van der Waals surface area contributed by atoms with Crippen LogP contribution in [0.1, 0.15) is 64.3 Å². The van der Waals surface area contributed by atoms with Gasteiger partial charge in [0.15, 0.2) is 0 Å². The number of hydrogen-bond donors (Lipinski definition) is 1. The summed E-state index contributed by atoms with van der Waals surface area (Å²) < 4.78 is 11.0. The van der Waals surface area contributed by atoms with Gasteiger partial charge in [-0.05, 0) is 39.0 Å². The molecular formula is C13H23N3O2. The minimum Gasteiger partial charge on any atom is -0.370 e. The summed E-state index contributed by atoms with van der Waals surface area (Å²) in [4.78, 5) is 4.45. The van der Waals surface area contributed by atoms with E-state index in [2.05, 4.69) is 17.1 Å². The van der Waals surface area contributed by atoms with E-state index < -0.39 is 5.54 Å². The van der Waals surface area contributed by atoms with Crippen molar-refractivity contribution in [3.8, 4) is 0 Å².